The van der Waals surface area contributed by atoms with E-state index in [1.807, 2.05) is 0 Å². The number of carbonyl (C=O) groups is 1. The SMILES string of the molecule is CC(=O)NCCC1=CNC2CC(F)CC(F)=C12. The molecule has 1 aliphatic heterocycles. The van der Waals surface area contributed by atoms with Crippen molar-refractivity contribution in [1.29, 1.82) is 0 Å². The lowest BCUT2D eigenvalue weighted by Crippen LogP contribution is -2.30. The van der Waals surface area contributed by atoms with Crippen LogP contribution in [0.2, 0.25) is 0 Å². The van der Waals surface area contributed by atoms with Gasteiger partial charge in [-0.3, -0.25) is 4.79 Å². The van der Waals surface area contributed by atoms with Crippen molar-refractivity contribution in [3.8, 4) is 0 Å². The van der Waals surface area contributed by atoms with Crippen molar-refractivity contribution in [3.05, 3.63) is 23.2 Å². The Bertz CT molecular complexity index is 390. The fourth-order valence-electron chi connectivity index (χ4n) is 2.36. The molecular formula is C12H16F2N2O. The van der Waals surface area contributed by atoms with Crippen molar-refractivity contribution < 1.29 is 13.6 Å². The monoisotopic (exact) mass is 242 g/mol. The number of alkyl halides is 1. The van der Waals surface area contributed by atoms with E-state index in [-0.39, 0.29) is 24.2 Å². The molecule has 0 aromatic carbocycles. The standard InChI is InChI=1S/C12H16F2N2O/c1-7(17)15-3-2-8-6-16-11-5-9(13)4-10(14)12(8)11/h6,9,11,16H,2-5H2,1H3,(H,15,17). The molecular weight excluding hydrogens is 226 g/mol. The number of hydrogen-bond donors (Lipinski definition) is 2. The molecule has 3 nitrogen and oxygen atoms in total. The van der Waals surface area contributed by atoms with Crippen molar-refractivity contribution in [2.45, 2.75) is 38.4 Å². The summed E-state index contributed by atoms with van der Waals surface area (Å²) in [5.74, 6) is -0.456. The molecule has 0 aromatic heterocycles. The summed E-state index contributed by atoms with van der Waals surface area (Å²) in [6.07, 6.45) is 1.41. The molecule has 17 heavy (non-hydrogen) atoms. The van der Waals surface area contributed by atoms with Crippen LogP contribution in [-0.2, 0) is 4.79 Å². The number of carbonyl (C=O) groups excluding carboxylic acids is 1. The maximum atomic E-state index is 13.7. The minimum atomic E-state index is -1.10. The Labute approximate surface area is 99.0 Å². The second kappa shape index (κ2) is 4.85. The first kappa shape index (κ1) is 12.1. The average Bonchev–Trinajstić information content (AvgIpc) is 2.60. The smallest absolute Gasteiger partial charge is 0.216 e. The normalized spacial score (nSPS) is 27.4. The summed E-state index contributed by atoms with van der Waals surface area (Å²) in [5.41, 5.74) is 1.44. The van der Waals surface area contributed by atoms with E-state index < -0.39 is 6.17 Å². The molecule has 2 aliphatic rings. The summed E-state index contributed by atoms with van der Waals surface area (Å²) >= 11 is 0. The highest BCUT2D eigenvalue weighted by atomic mass is 19.1. The van der Waals surface area contributed by atoms with Crippen LogP contribution >= 0.6 is 0 Å². The van der Waals surface area contributed by atoms with Crippen molar-refractivity contribution in [1.82, 2.24) is 10.6 Å². The highest BCUT2D eigenvalue weighted by molar-refractivity contribution is 5.72. The second-order valence-electron chi connectivity index (χ2n) is 4.48. The summed E-state index contributed by atoms with van der Waals surface area (Å²) in [7, 11) is 0. The lowest BCUT2D eigenvalue weighted by atomic mass is 9.89. The lowest BCUT2D eigenvalue weighted by Gasteiger charge is -2.23. The maximum absolute atomic E-state index is 13.7. The molecule has 0 saturated carbocycles. The van der Waals surface area contributed by atoms with E-state index in [0.29, 0.717) is 25.0 Å². The molecule has 0 aromatic rings. The largest absolute Gasteiger partial charge is 0.384 e. The molecule has 2 rings (SSSR count). The quantitative estimate of drug-likeness (QED) is 0.791. The van der Waals surface area contributed by atoms with E-state index in [4.69, 9.17) is 0 Å². The number of rotatable bonds is 3. The first-order chi connectivity index (χ1) is 8.08. The summed E-state index contributed by atoms with van der Waals surface area (Å²) in [6, 6.07) is -0.230. The summed E-state index contributed by atoms with van der Waals surface area (Å²) < 4.78 is 26.9. The van der Waals surface area contributed by atoms with Gasteiger partial charge in [-0.2, -0.15) is 0 Å². The Kier molecular flexibility index (Phi) is 3.45. The van der Waals surface area contributed by atoms with Crippen LogP contribution in [0.25, 0.3) is 0 Å². The number of allylic oxidation sites excluding steroid dienone is 1. The lowest BCUT2D eigenvalue weighted by molar-refractivity contribution is -0.118. The van der Waals surface area contributed by atoms with Gasteiger partial charge in [0, 0.05) is 38.1 Å². The van der Waals surface area contributed by atoms with Gasteiger partial charge in [-0.1, -0.05) is 0 Å². The average molecular weight is 242 g/mol. The van der Waals surface area contributed by atoms with Crippen LogP contribution in [-0.4, -0.2) is 24.7 Å². The van der Waals surface area contributed by atoms with Crippen LogP contribution in [0.3, 0.4) is 0 Å². The molecule has 0 spiro atoms. The number of fused-ring (bicyclic) bond motifs is 1. The Balaban J connectivity index is 2.00. The van der Waals surface area contributed by atoms with Crippen LogP contribution in [0, 0.1) is 0 Å². The highest BCUT2D eigenvalue weighted by Crippen LogP contribution is 2.36. The van der Waals surface area contributed by atoms with Gasteiger partial charge >= 0.3 is 0 Å². The fourth-order valence-corrected chi connectivity index (χ4v) is 2.36. The first-order valence-corrected chi connectivity index (χ1v) is 5.80. The van der Waals surface area contributed by atoms with Crippen LogP contribution < -0.4 is 10.6 Å². The van der Waals surface area contributed by atoms with Crippen molar-refractivity contribution >= 4 is 5.91 Å². The van der Waals surface area contributed by atoms with Gasteiger partial charge in [0.1, 0.15) is 12.0 Å². The van der Waals surface area contributed by atoms with Gasteiger partial charge in [0.05, 0.1) is 6.04 Å². The number of nitrogens with one attached hydrogen (secondary N) is 2. The van der Waals surface area contributed by atoms with E-state index in [1.54, 1.807) is 6.20 Å². The zero-order chi connectivity index (χ0) is 12.4. The van der Waals surface area contributed by atoms with Crippen LogP contribution in [0.1, 0.15) is 26.2 Å². The van der Waals surface area contributed by atoms with Crippen LogP contribution in [0.4, 0.5) is 8.78 Å². The molecule has 94 valence electrons. The second-order valence-corrected chi connectivity index (χ2v) is 4.48. The summed E-state index contributed by atoms with van der Waals surface area (Å²) in [4.78, 5) is 10.7. The zero-order valence-corrected chi connectivity index (χ0v) is 9.72. The van der Waals surface area contributed by atoms with E-state index in [2.05, 4.69) is 10.6 Å². The molecule has 2 N–H and O–H groups in total. The third kappa shape index (κ3) is 2.65. The van der Waals surface area contributed by atoms with Crippen LogP contribution in [0.15, 0.2) is 23.2 Å². The Morgan fingerprint density at radius 1 is 1.65 bits per heavy atom. The van der Waals surface area contributed by atoms with Crippen molar-refractivity contribution in [2.24, 2.45) is 0 Å². The molecule has 0 bridgehead atoms. The minimum absolute atomic E-state index is 0.102. The predicted molar refractivity (Wildman–Crippen MR) is 60.6 cm³/mol. The fraction of sp³-hybridized carbons (Fsp3) is 0.583. The summed E-state index contributed by atoms with van der Waals surface area (Å²) in [5, 5.41) is 5.66. The molecule has 0 fully saturated rings. The molecule has 0 saturated heterocycles. The molecule has 2 unspecified atom stereocenters. The Morgan fingerprint density at radius 3 is 3.12 bits per heavy atom. The van der Waals surface area contributed by atoms with Crippen molar-refractivity contribution in [2.75, 3.05) is 6.54 Å². The van der Waals surface area contributed by atoms with E-state index >= 15 is 0 Å². The van der Waals surface area contributed by atoms with Gasteiger partial charge in [0.2, 0.25) is 5.91 Å². The van der Waals surface area contributed by atoms with E-state index in [9.17, 15) is 13.6 Å². The molecule has 1 amide bonds. The van der Waals surface area contributed by atoms with Crippen LogP contribution in [0.5, 0.6) is 0 Å². The summed E-state index contributed by atoms with van der Waals surface area (Å²) in [6.45, 7) is 1.92. The molecule has 5 heteroatoms. The Hall–Kier alpha value is -1.39. The predicted octanol–water partition coefficient (Wildman–Crippen LogP) is 1.72. The number of hydrogen-bond acceptors (Lipinski definition) is 2. The van der Waals surface area contributed by atoms with Gasteiger partial charge in [0.15, 0.2) is 0 Å². The van der Waals surface area contributed by atoms with Gasteiger partial charge in [-0.25, -0.2) is 8.78 Å². The maximum Gasteiger partial charge on any atom is 0.216 e. The number of halogens is 2. The number of amides is 1. The van der Waals surface area contributed by atoms with Gasteiger partial charge < -0.3 is 10.6 Å². The third-order valence-corrected chi connectivity index (χ3v) is 3.11. The van der Waals surface area contributed by atoms with Gasteiger partial charge in [-0.15, -0.1) is 0 Å². The third-order valence-electron chi connectivity index (χ3n) is 3.11. The van der Waals surface area contributed by atoms with Gasteiger partial charge in [0.25, 0.3) is 0 Å². The molecule has 2 atom stereocenters. The zero-order valence-electron chi connectivity index (χ0n) is 9.72. The molecule has 1 heterocycles. The first-order valence-electron chi connectivity index (χ1n) is 5.80. The van der Waals surface area contributed by atoms with E-state index in [0.717, 1.165) is 5.57 Å². The van der Waals surface area contributed by atoms with Gasteiger partial charge in [-0.05, 0) is 12.0 Å². The topological polar surface area (TPSA) is 41.1 Å². The van der Waals surface area contributed by atoms with Crippen molar-refractivity contribution in [3.63, 3.8) is 0 Å². The van der Waals surface area contributed by atoms with E-state index in [1.165, 1.54) is 6.92 Å². The highest BCUT2D eigenvalue weighted by Gasteiger charge is 2.33. The molecule has 0 radical (unpaired) electrons. The Morgan fingerprint density at radius 2 is 2.41 bits per heavy atom. The minimum Gasteiger partial charge on any atom is -0.384 e. The molecule has 1 aliphatic carbocycles.